The van der Waals surface area contributed by atoms with Gasteiger partial charge in [0.1, 0.15) is 0 Å². The third-order valence-corrected chi connectivity index (χ3v) is 4.96. The van der Waals surface area contributed by atoms with Crippen molar-refractivity contribution in [3.63, 3.8) is 0 Å². The lowest BCUT2D eigenvalue weighted by atomic mass is 9.97. The lowest BCUT2D eigenvalue weighted by Crippen LogP contribution is -2.38. The van der Waals surface area contributed by atoms with Crippen LogP contribution in [0.2, 0.25) is 0 Å². The van der Waals surface area contributed by atoms with Gasteiger partial charge >= 0.3 is 0 Å². The molecule has 4 aliphatic rings. The highest BCUT2D eigenvalue weighted by molar-refractivity contribution is 5.80. The molecule has 0 aromatic heterocycles. The normalized spacial score (nSPS) is 40.9. The molecule has 4 rings (SSSR count). The van der Waals surface area contributed by atoms with Gasteiger partial charge in [0.2, 0.25) is 5.91 Å². The van der Waals surface area contributed by atoms with Gasteiger partial charge in [-0.25, -0.2) is 0 Å². The first kappa shape index (κ1) is 9.46. The molecule has 0 bridgehead atoms. The number of amides is 1. The van der Waals surface area contributed by atoms with E-state index in [-0.39, 0.29) is 0 Å². The summed E-state index contributed by atoms with van der Waals surface area (Å²) < 4.78 is 0. The van der Waals surface area contributed by atoms with E-state index in [1.165, 1.54) is 25.7 Å². The molecule has 0 spiro atoms. The van der Waals surface area contributed by atoms with Gasteiger partial charge in [0.05, 0.1) is 0 Å². The molecule has 88 valence electrons. The van der Waals surface area contributed by atoms with Gasteiger partial charge in [0.15, 0.2) is 0 Å². The molecule has 2 unspecified atom stereocenters. The number of rotatable bonds is 4. The van der Waals surface area contributed by atoms with Crippen LogP contribution >= 0.6 is 0 Å². The van der Waals surface area contributed by atoms with Crippen LogP contribution < -0.4 is 10.6 Å². The predicted molar refractivity (Wildman–Crippen MR) is 60.7 cm³/mol. The summed E-state index contributed by atoms with van der Waals surface area (Å²) in [5, 5.41) is 6.69. The minimum atomic E-state index is 0.384. The number of piperidine rings is 1. The fourth-order valence-corrected chi connectivity index (χ4v) is 3.62. The monoisotopic (exact) mass is 220 g/mol. The van der Waals surface area contributed by atoms with Crippen molar-refractivity contribution in [1.29, 1.82) is 0 Å². The zero-order valence-corrected chi connectivity index (χ0v) is 9.61. The summed E-state index contributed by atoms with van der Waals surface area (Å²) in [6.45, 7) is 2.24. The summed E-state index contributed by atoms with van der Waals surface area (Å²) in [5.41, 5.74) is 0. The Hall–Kier alpha value is -0.570. The summed E-state index contributed by atoms with van der Waals surface area (Å²) >= 11 is 0. The highest BCUT2D eigenvalue weighted by Gasteiger charge is 2.55. The molecule has 3 saturated carbocycles. The van der Waals surface area contributed by atoms with Gasteiger partial charge in [0, 0.05) is 25.0 Å². The smallest absolute Gasteiger partial charge is 0.223 e. The van der Waals surface area contributed by atoms with E-state index in [2.05, 4.69) is 10.6 Å². The average molecular weight is 220 g/mol. The minimum Gasteiger partial charge on any atom is -0.352 e. The van der Waals surface area contributed by atoms with Crippen LogP contribution in [0.3, 0.4) is 0 Å². The second kappa shape index (κ2) is 3.22. The van der Waals surface area contributed by atoms with Gasteiger partial charge < -0.3 is 10.6 Å². The number of nitrogens with one attached hydrogen (secondary N) is 2. The van der Waals surface area contributed by atoms with Crippen molar-refractivity contribution >= 4 is 5.91 Å². The molecule has 3 aliphatic carbocycles. The lowest BCUT2D eigenvalue weighted by molar-refractivity contribution is -0.126. The standard InChI is InChI=1S/C13H20N2O/c16-13(11(7-1-2-7)8-3-4-8)15-12-9-5-14-6-10(9)12/h7-12,14H,1-6H2,(H,15,16). The van der Waals surface area contributed by atoms with Gasteiger partial charge in [0.25, 0.3) is 0 Å². The Morgan fingerprint density at radius 1 is 1.06 bits per heavy atom. The van der Waals surface area contributed by atoms with Crippen molar-refractivity contribution < 1.29 is 4.79 Å². The van der Waals surface area contributed by atoms with Gasteiger partial charge in [-0.3, -0.25) is 4.79 Å². The molecular weight excluding hydrogens is 200 g/mol. The molecule has 2 N–H and O–H groups in total. The highest BCUT2D eigenvalue weighted by Crippen LogP contribution is 2.50. The van der Waals surface area contributed by atoms with Crippen LogP contribution in [0.1, 0.15) is 25.7 Å². The first-order valence-corrected chi connectivity index (χ1v) is 6.85. The third-order valence-electron chi connectivity index (χ3n) is 4.96. The number of fused-ring (bicyclic) bond motifs is 1. The van der Waals surface area contributed by atoms with Crippen LogP contribution in [0.5, 0.6) is 0 Å². The maximum atomic E-state index is 12.3. The molecule has 16 heavy (non-hydrogen) atoms. The van der Waals surface area contributed by atoms with Crippen molar-refractivity contribution in [3.05, 3.63) is 0 Å². The molecule has 1 saturated heterocycles. The summed E-state index contributed by atoms with van der Waals surface area (Å²) in [4.78, 5) is 12.3. The average Bonchev–Trinajstić information content (AvgIpc) is 3.16. The Balaban J connectivity index is 1.37. The van der Waals surface area contributed by atoms with Crippen LogP contribution in [0, 0.1) is 29.6 Å². The molecule has 1 heterocycles. The second-order valence-electron chi connectivity index (χ2n) is 6.22. The Kier molecular flexibility index (Phi) is 1.90. The topological polar surface area (TPSA) is 41.1 Å². The summed E-state index contributed by atoms with van der Waals surface area (Å²) in [5.74, 6) is 3.76. The first-order chi connectivity index (χ1) is 7.84. The van der Waals surface area contributed by atoms with E-state index in [0.717, 1.165) is 36.8 Å². The zero-order valence-electron chi connectivity index (χ0n) is 9.61. The van der Waals surface area contributed by atoms with Crippen molar-refractivity contribution in [1.82, 2.24) is 10.6 Å². The Bertz CT molecular complexity index is 300. The first-order valence-electron chi connectivity index (χ1n) is 6.85. The van der Waals surface area contributed by atoms with Gasteiger partial charge in [-0.05, 0) is 49.4 Å². The number of hydrogen-bond donors (Lipinski definition) is 2. The van der Waals surface area contributed by atoms with E-state index in [1.54, 1.807) is 0 Å². The van der Waals surface area contributed by atoms with Crippen molar-refractivity contribution in [2.45, 2.75) is 31.7 Å². The van der Waals surface area contributed by atoms with E-state index < -0.39 is 0 Å². The highest BCUT2D eigenvalue weighted by atomic mass is 16.2. The summed E-state index contributed by atoms with van der Waals surface area (Å²) in [6, 6.07) is 0.522. The molecule has 0 radical (unpaired) electrons. The van der Waals surface area contributed by atoms with E-state index in [1.807, 2.05) is 0 Å². The van der Waals surface area contributed by atoms with Gasteiger partial charge in [-0.15, -0.1) is 0 Å². The van der Waals surface area contributed by atoms with E-state index in [4.69, 9.17) is 0 Å². The molecule has 4 fully saturated rings. The van der Waals surface area contributed by atoms with E-state index >= 15 is 0 Å². The SMILES string of the molecule is O=C(NC1C2CNCC21)C(C1CC1)C1CC1. The Labute approximate surface area is 96.4 Å². The van der Waals surface area contributed by atoms with Crippen LogP contribution in [0.25, 0.3) is 0 Å². The molecule has 0 aromatic rings. The summed E-state index contributed by atoms with van der Waals surface area (Å²) in [7, 11) is 0. The van der Waals surface area contributed by atoms with Crippen molar-refractivity contribution in [3.8, 4) is 0 Å². The number of carbonyl (C=O) groups excluding carboxylic acids is 1. The van der Waals surface area contributed by atoms with Gasteiger partial charge in [-0.1, -0.05) is 0 Å². The molecule has 2 atom stereocenters. The van der Waals surface area contributed by atoms with Crippen molar-refractivity contribution in [2.24, 2.45) is 29.6 Å². The predicted octanol–water partition coefficient (Wildman–Crippen LogP) is 0.757. The largest absolute Gasteiger partial charge is 0.352 e. The third kappa shape index (κ3) is 1.48. The lowest BCUT2D eigenvalue weighted by Gasteiger charge is -2.16. The zero-order chi connectivity index (χ0) is 10.7. The van der Waals surface area contributed by atoms with Crippen molar-refractivity contribution in [2.75, 3.05) is 13.1 Å². The van der Waals surface area contributed by atoms with E-state index in [0.29, 0.717) is 17.9 Å². The second-order valence-corrected chi connectivity index (χ2v) is 6.22. The number of hydrogen-bond acceptors (Lipinski definition) is 2. The molecule has 1 amide bonds. The molecule has 3 heteroatoms. The quantitative estimate of drug-likeness (QED) is 0.734. The minimum absolute atomic E-state index is 0.384. The molecule has 0 aromatic carbocycles. The fraction of sp³-hybridized carbons (Fsp3) is 0.923. The number of carbonyl (C=O) groups is 1. The Morgan fingerprint density at radius 2 is 1.62 bits per heavy atom. The Morgan fingerprint density at radius 3 is 2.12 bits per heavy atom. The molecule has 3 nitrogen and oxygen atoms in total. The van der Waals surface area contributed by atoms with E-state index in [9.17, 15) is 4.79 Å². The van der Waals surface area contributed by atoms with Crippen LogP contribution in [-0.2, 0) is 4.79 Å². The fourth-order valence-electron chi connectivity index (χ4n) is 3.62. The van der Waals surface area contributed by atoms with Crippen LogP contribution in [0.4, 0.5) is 0 Å². The summed E-state index contributed by atoms with van der Waals surface area (Å²) in [6.07, 6.45) is 5.20. The van der Waals surface area contributed by atoms with Crippen LogP contribution in [0.15, 0.2) is 0 Å². The molecule has 1 aliphatic heterocycles. The molecular formula is C13H20N2O. The maximum Gasteiger partial charge on any atom is 0.223 e. The van der Waals surface area contributed by atoms with Crippen LogP contribution in [-0.4, -0.2) is 25.0 Å². The maximum absolute atomic E-state index is 12.3. The van der Waals surface area contributed by atoms with Gasteiger partial charge in [-0.2, -0.15) is 0 Å².